The Morgan fingerprint density at radius 3 is 2.65 bits per heavy atom. The summed E-state index contributed by atoms with van der Waals surface area (Å²) < 4.78 is 5.40. The molecule has 1 aromatic rings. The maximum absolute atomic E-state index is 12.2. The Hall–Kier alpha value is -1.75. The molecule has 0 aliphatic rings. The van der Waals surface area contributed by atoms with E-state index in [4.69, 9.17) is 4.74 Å². The Labute approximate surface area is 120 Å². The Morgan fingerprint density at radius 1 is 1.40 bits per heavy atom. The van der Waals surface area contributed by atoms with Gasteiger partial charge in [-0.1, -0.05) is 6.07 Å². The van der Waals surface area contributed by atoms with E-state index >= 15 is 0 Å². The number of nitrogens with zero attached hydrogens (tertiary/aromatic N) is 1. The average Bonchev–Trinajstić information content (AvgIpc) is 2.36. The molecule has 0 fully saturated rings. The molecule has 5 heteroatoms. The maximum atomic E-state index is 12.2. The number of ether oxygens (including phenoxy) is 1. The predicted molar refractivity (Wildman–Crippen MR) is 80.2 cm³/mol. The van der Waals surface area contributed by atoms with Gasteiger partial charge in [-0.3, -0.25) is 0 Å². The molecule has 1 unspecified atom stereocenters. The van der Waals surface area contributed by atoms with Gasteiger partial charge < -0.3 is 20.1 Å². The summed E-state index contributed by atoms with van der Waals surface area (Å²) >= 11 is 0. The monoisotopic (exact) mass is 280 g/mol. The number of amides is 2. The van der Waals surface area contributed by atoms with Crippen LogP contribution in [0.5, 0.6) is 5.75 Å². The zero-order chi connectivity index (χ0) is 15.1. The molecule has 0 aromatic heterocycles. The van der Waals surface area contributed by atoms with Crippen molar-refractivity contribution >= 4 is 11.7 Å². The number of aliphatic hydroxyl groups excluding tert-OH is 1. The quantitative estimate of drug-likeness (QED) is 0.842. The number of carbonyl (C=O) groups is 1. The molecule has 20 heavy (non-hydrogen) atoms. The van der Waals surface area contributed by atoms with Gasteiger partial charge in [0.15, 0.2) is 0 Å². The van der Waals surface area contributed by atoms with Gasteiger partial charge in [0.1, 0.15) is 5.75 Å². The van der Waals surface area contributed by atoms with Crippen molar-refractivity contribution in [3.63, 3.8) is 0 Å². The van der Waals surface area contributed by atoms with Crippen LogP contribution >= 0.6 is 0 Å². The van der Waals surface area contributed by atoms with Crippen molar-refractivity contribution in [2.75, 3.05) is 18.5 Å². The molecule has 112 valence electrons. The normalized spacial score (nSPS) is 12.1. The van der Waals surface area contributed by atoms with Crippen molar-refractivity contribution in [3.8, 4) is 5.75 Å². The second kappa shape index (κ2) is 7.75. The molecule has 0 aliphatic carbocycles. The maximum Gasteiger partial charge on any atom is 0.322 e. The summed E-state index contributed by atoms with van der Waals surface area (Å²) in [7, 11) is 0. The van der Waals surface area contributed by atoms with E-state index in [0.29, 0.717) is 18.8 Å². The summed E-state index contributed by atoms with van der Waals surface area (Å²) in [5, 5.41) is 12.3. The molecule has 0 saturated carbocycles. The van der Waals surface area contributed by atoms with Crippen molar-refractivity contribution in [2.45, 2.75) is 39.8 Å². The van der Waals surface area contributed by atoms with Crippen molar-refractivity contribution in [1.82, 2.24) is 4.90 Å². The second-order valence-corrected chi connectivity index (χ2v) is 4.99. The van der Waals surface area contributed by atoms with Gasteiger partial charge in [-0.05, 0) is 39.8 Å². The third-order valence-corrected chi connectivity index (χ3v) is 2.74. The SMILES string of the molecule is CCOc1cccc(NC(=O)N(CC(C)O)C(C)C)c1. The van der Waals surface area contributed by atoms with E-state index in [1.807, 2.05) is 32.9 Å². The first-order valence-electron chi connectivity index (χ1n) is 6.92. The molecule has 2 N–H and O–H groups in total. The van der Waals surface area contributed by atoms with Crippen LogP contribution in [0.15, 0.2) is 24.3 Å². The average molecular weight is 280 g/mol. The molecule has 0 heterocycles. The number of urea groups is 1. The summed E-state index contributed by atoms with van der Waals surface area (Å²) in [5.74, 6) is 0.719. The van der Waals surface area contributed by atoms with E-state index < -0.39 is 6.10 Å². The van der Waals surface area contributed by atoms with Crippen molar-refractivity contribution in [1.29, 1.82) is 0 Å². The van der Waals surface area contributed by atoms with Gasteiger partial charge >= 0.3 is 6.03 Å². The lowest BCUT2D eigenvalue weighted by Crippen LogP contribution is -2.43. The van der Waals surface area contributed by atoms with Gasteiger partial charge in [0.25, 0.3) is 0 Å². The summed E-state index contributed by atoms with van der Waals surface area (Å²) in [6.07, 6.45) is -0.557. The summed E-state index contributed by atoms with van der Waals surface area (Å²) in [6, 6.07) is 7.04. The molecule has 1 aromatic carbocycles. The van der Waals surface area contributed by atoms with Crippen LogP contribution in [0.4, 0.5) is 10.5 Å². The minimum Gasteiger partial charge on any atom is -0.494 e. The molecule has 2 amide bonds. The second-order valence-electron chi connectivity index (χ2n) is 4.99. The van der Waals surface area contributed by atoms with E-state index in [1.54, 1.807) is 24.0 Å². The number of carbonyl (C=O) groups excluding carboxylic acids is 1. The fraction of sp³-hybridized carbons (Fsp3) is 0.533. The fourth-order valence-electron chi connectivity index (χ4n) is 1.84. The standard InChI is InChI=1S/C15H24N2O3/c1-5-20-14-8-6-7-13(9-14)16-15(19)17(11(2)3)10-12(4)18/h6-9,11-12,18H,5,10H2,1-4H3,(H,16,19). The molecule has 0 saturated heterocycles. The van der Waals surface area contributed by atoms with Crippen LogP contribution in [-0.4, -0.2) is 41.3 Å². The first-order valence-corrected chi connectivity index (χ1v) is 6.92. The fourth-order valence-corrected chi connectivity index (χ4v) is 1.84. The van der Waals surface area contributed by atoms with Crippen LogP contribution in [-0.2, 0) is 0 Å². The lowest BCUT2D eigenvalue weighted by molar-refractivity contribution is 0.125. The van der Waals surface area contributed by atoms with Gasteiger partial charge in [-0.15, -0.1) is 0 Å². The Kier molecular flexibility index (Phi) is 6.31. The van der Waals surface area contributed by atoms with Gasteiger partial charge in [0, 0.05) is 24.3 Å². The molecule has 1 atom stereocenters. The van der Waals surface area contributed by atoms with Gasteiger partial charge in [0.05, 0.1) is 12.7 Å². The van der Waals surface area contributed by atoms with Gasteiger partial charge in [0.2, 0.25) is 0 Å². The van der Waals surface area contributed by atoms with Gasteiger partial charge in [-0.2, -0.15) is 0 Å². The molecule has 0 aliphatic heterocycles. The summed E-state index contributed by atoms with van der Waals surface area (Å²) in [4.78, 5) is 13.8. The van der Waals surface area contributed by atoms with Gasteiger partial charge in [-0.25, -0.2) is 4.79 Å². The number of hydrogen-bond donors (Lipinski definition) is 2. The lowest BCUT2D eigenvalue weighted by Gasteiger charge is -2.28. The molecule has 0 spiro atoms. The largest absolute Gasteiger partial charge is 0.494 e. The summed E-state index contributed by atoms with van der Waals surface area (Å²) in [6.45, 7) is 8.29. The van der Waals surface area contributed by atoms with Crippen molar-refractivity contribution in [2.24, 2.45) is 0 Å². The molecular weight excluding hydrogens is 256 g/mol. The number of anilines is 1. The van der Waals surface area contributed by atoms with Crippen LogP contribution in [0.1, 0.15) is 27.7 Å². The lowest BCUT2D eigenvalue weighted by atomic mass is 10.2. The molecule has 1 rings (SSSR count). The third kappa shape index (κ3) is 5.09. The third-order valence-electron chi connectivity index (χ3n) is 2.74. The smallest absolute Gasteiger partial charge is 0.322 e. The summed E-state index contributed by atoms with van der Waals surface area (Å²) in [5.41, 5.74) is 0.678. The van der Waals surface area contributed by atoms with E-state index in [0.717, 1.165) is 5.75 Å². The topological polar surface area (TPSA) is 61.8 Å². The molecule has 5 nitrogen and oxygen atoms in total. The predicted octanol–water partition coefficient (Wildman–Crippen LogP) is 2.71. The van der Waals surface area contributed by atoms with Crippen LogP contribution < -0.4 is 10.1 Å². The highest BCUT2D eigenvalue weighted by atomic mass is 16.5. The number of aliphatic hydroxyl groups is 1. The first kappa shape index (κ1) is 16.3. The molecule has 0 radical (unpaired) electrons. The Bertz CT molecular complexity index is 433. The zero-order valence-corrected chi connectivity index (χ0v) is 12.6. The Balaban J connectivity index is 2.74. The van der Waals surface area contributed by atoms with Crippen molar-refractivity contribution < 1.29 is 14.6 Å². The number of benzene rings is 1. The first-order chi connectivity index (χ1) is 9.43. The van der Waals surface area contributed by atoms with E-state index in [1.165, 1.54) is 0 Å². The van der Waals surface area contributed by atoms with Crippen LogP contribution in [0.25, 0.3) is 0 Å². The molecular formula is C15H24N2O3. The van der Waals surface area contributed by atoms with E-state index in [2.05, 4.69) is 5.32 Å². The van der Waals surface area contributed by atoms with E-state index in [9.17, 15) is 9.90 Å². The highest BCUT2D eigenvalue weighted by Gasteiger charge is 2.18. The minimum atomic E-state index is -0.557. The number of rotatable bonds is 6. The molecule has 0 bridgehead atoms. The highest BCUT2D eigenvalue weighted by molar-refractivity contribution is 5.89. The minimum absolute atomic E-state index is 0.0136. The zero-order valence-electron chi connectivity index (χ0n) is 12.6. The van der Waals surface area contributed by atoms with E-state index in [-0.39, 0.29) is 12.1 Å². The van der Waals surface area contributed by atoms with Crippen LogP contribution in [0.2, 0.25) is 0 Å². The highest BCUT2D eigenvalue weighted by Crippen LogP contribution is 2.18. The number of nitrogens with one attached hydrogen (secondary N) is 1. The Morgan fingerprint density at radius 2 is 2.10 bits per heavy atom. The van der Waals surface area contributed by atoms with Crippen molar-refractivity contribution in [3.05, 3.63) is 24.3 Å². The van der Waals surface area contributed by atoms with Crippen LogP contribution in [0, 0.1) is 0 Å². The van der Waals surface area contributed by atoms with Crippen LogP contribution in [0.3, 0.4) is 0 Å². The number of hydrogen-bond acceptors (Lipinski definition) is 3.